The monoisotopic (exact) mass is 337 g/mol. The Morgan fingerprint density at radius 1 is 1.50 bits per heavy atom. The minimum Gasteiger partial charge on any atom is -0.481 e. The lowest BCUT2D eigenvalue weighted by Gasteiger charge is -2.30. The van der Waals surface area contributed by atoms with Crippen molar-refractivity contribution in [3.05, 3.63) is 16.0 Å². The van der Waals surface area contributed by atoms with E-state index in [0.29, 0.717) is 30.3 Å². The highest BCUT2D eigenvalue weighted by Crippen LogP contribution is 2.33. The lowest BCUT2D eigenvalue weighted by Crippen LogP contribution is -2.38. The largest absolute Gasteiger partial charge is 0.481 e. The molecule has 1 N–H and O–H groups in total. The number of thiophene rings is 1. The molecule has 0 aliphatic carbocycles. The highest BCUT2D eigenvalue weighted by atomic mass is 35.5. The number of sulfonamides is 1. The summed E-state index contributed by atoms with van der Waals surface area (Å²) < 4.78 is 27.1. The zero-order valence-corrected chi connectivity index (χ0v) is 13.4. The molecule has 8 heteroatoms. The van der Waals surface area contributed by atoms with Gasteiger partial charge in [-0.1, -0.05) is 11.6 Å². The number of carboxylic acids is 1. The maximum atomic E-state index is 12.4. The fourth-order valence-electron chi connectivity index (χ4n) is 2.29. The van der Waals surface area contributed by atoms with Gasteiger partial charge in [-0.05, 0) is 37.3 Å². The summed E-state index contributed by atoms with van der Waals surface area (Å²) in [4.78, 5) is 10.7. The molecule has 0 bridgehead atoms. The van der Waals surface area contributed by atoms with E-state index in [1.54, 1.807) is 13.0 Å². The molecule has 1 aromatic heterocycles. The number of nitrogens with zero attached hydrogens (tertiary/aromatic N) is 1. The number of hydrogen-bond acceptors (Lipinski definition) is 4. The summed E-state index contributed by atoms with van der Waals surface area (Å²) in [6.45, 7) is 2.51. The number of carboxylic acid groups (broad SMARTS) is 1. The van der Waals surface area contributed by atoms with Crippen LogP contribution in [0.15, 0.2) is 10.3 Å². The molecule has 0 radical (unpaired) electrons. The summed E-state index contributed by atoms with van der Waals surface area (Å²) in [5.41, 5.74) is 0.760. The molecule has 0 aromatic carbocycles. The topological polar surface area (TPSA) is 74.7 Å². The average molecular weight is 338 g/mol. The van der Waals surface area contributed by atoms with E-state index < -0.39 is 16.0 Å². The van der Waals surface area contributed by atoms with Crippen molar-refractivity contribution in [2.24, 2.45) is 5.92 Å². The van der Waals surface area contributed by atoms with Crippen LogP contribution in [0.4, 0.5) is 0 Å². The maximum absolute atomic E-state index is 12.4. The van der Waals surface area contributed by atoms with Gasteiger partial charge in [-0.3, -0.25) is 4.79 Å². The normalized spacial score (nSPS) is 18.3. The Kier molecular flexibility index (Phi) is 4.73. The van der Waals surface area contributed by atoms with Crippen LogP contribution < -0.4 is 0 Å². The van der Waals surface area contributed by atoms with E-state index in [4.69, 9.17) is 16.7 Å². The summed E-state index contributed by atoms with van der Waals surface area (Å²) in [6, 6.07) is 1.59. The molecule has 1 aliphatic rings. The molecule has 1 fully saturated rings. The molecule has 0 spiro atoms. The van der Waals surface area contributed by atoms with Gasteiger partial charge in [0.15, 0.2) is 0 Å². The summed E-state index contributed by atoms with van der Waals surface area (Å²) in [7, 11) is -3.50. The maximum Gasteiger partial charge on any atom is 0.303 e. The fourth-order valence-corrected chi connectivity index (χ4v) is 5.62. The van der Waals surface area contributed by atoms with Crippen LogP contribution in [0.2, 0.25) is 4.34 Å². The van der Waals surface area contributed by atoms with E-state index in [9.17, 15) is 13.2 Å². The Hall–Kier alpha value is -0.630. The van der Waals surface area contributed by atoms with Crippen molar-refractivity contribution < 1.29 is 18.3 Å². The molecule has 0 unspecified atom stereocenters. The van der Waals surface area contributed by atoms with E-state index >= 15 is 0 Å². The van der Waals surface area contributed by atoms with Gasteiger partial charge in [0.05, 0.1) is 4.34 Å². The first kappa shape index (κ1) is 15.8. The summed E-state index contributed by atoms with van der Waals surface area (Å²) in [6.07, 6.45) is 1.28. The lowest BCUT2D eigenvalue weighted by atomic mass is 9.95. The Balaban J connectivity index is 2.07. The predicted octanol–water partition coefficient (Wildman–Crippen LogP) is 2.59. The van der Waals surface area contributed by atoms with Crippen molar-refractivity contribution in [2.45, 2.75) is 30.4 Å². The molecule has 0 atom stereocenters. The Bertz CT molecular complexity index is 583. The van der Waals surface area contributed by atoms with E-state index in [1.165, 1.54) is 4.31 Å². The van der Waals surface area contributed by atoms with Crippen LogP contribution in [0.1, 0.15) is 24.8 Å². The van der Waals surface area contributed by atoms with Gasteiger partial charge in [0, 0.05) is 19.5 Å². The van der Waals surface area contributed by atoms with Crippen LogP contribution >= 0.6 is 22.9 Å². The quantitative estimate of drug-likeness (QED) is 0.916. The molecule has 1 aliphatic heterocycles. The van der Waals surface area contributed by atoms with Crippen LogP contribution in [0.25, 0.3) is 0 Å². The van der Waals surface area contributed by atoms with E-state index in [2.05, 4.69) is 0 Å². The Morgan fingerprint density at radius 2 is 2.10 bits per heavy atom. The predicted molar refractivity (Wildman–Crippen MR) is 77.8 cm³/mol. The molecule has 112 valence electrons. The molecule has 1 aromatic rings. The van der Waals surface area contributed by atoms with Crippen LogP contribution in [-0.4, -0.2) is 36.9 Å². The molecule has 2 heterocycles. The van der Waals surface area contributed by atoms with Crippen molar-refractivity contribution in [3.63, 3.8) is 0 Å². The molecule has 0 amide bonds. The van der Waals surface area contributed by atoms with Gasteiger partial charge in [0.25, 0.3) is 10.0 Å². The highest BCUT2D eigenvalue weighted by molar-refractivity contribution is 7.91. The van der Waals surface area contributed by atoms with Crippen LogP contribution in [-0.2, 0) is 14.8 Å². The number of rotatable bonds is 4. The summed E-state index contributed by atoms with van der Waals surface area (Å²) in [5, 5.41) is 8.76. The van der Waals surface area contributed by atoms with Gasteiger partial charge in [0.2, 0.25) is 0 Å². The summed E-state index contributed by atoms with van der Waals surface area (Å²) >= 11 is 6.99. The van der Waals surface area contributed by atoms with Gasteiger partial charge >= 0.3 is 5.97 Å². The molecule has 5 nitrogen and oxygen atoms in total. The van der Waals surface area contributed by atoms with E-state index in [-0.39, 0.29) is 16.5 Å². The van der Waals surface area contributed by atoms with Crippen molar-refractivity contribution in [3.8, 4) is 0 Å². The molecule has 1 saturated heterocycles. The van der Waals surface area contributed by atoms with Gasteiger partial charge < -0.3 is 5.11 Å². The zero-order chi connectivity index (χ0) is 14.9. The molecule has 20 heavy (non-hydrogen) atoms. The second-order valence-electron chi connectivity index (χ2n) is 4.97. The Labute approximate surface area is 127 Å². The molecular formula is C12H16ClNO4S2. The van der Waals surface area contributed by atoms with Gasteiger partial charge in [-0.25, -0.2) is 8.42 Å². The van der Waals surface area contributed by atoms with E-state index in [0.717, 1.165) is 16.9 Å². The molecular weight excluding hydrogens is 322 g/mol. The van der Waals surface area contributed by atoms with Crippen LogP contribution in [0.3, 0.4) is 0 Å². The Morgan fingerprint density at radius 3 is 2.55 bits per heavy atom. The minimum atomic E-state index is -3.50. The van der Waals surface area contributed by atoms with Crippen molar-refractivity contribution in [1.82, 2.24) is 4.31 Å². The summed E-state index contributed by atoms with van der Waals surface area (Å²) in [5.74, 6) is -0.764. The number of aliphatic carboxylic acids is 1. The second kappa shape index (κ2) is 6.01. The lowest BCUT2D eigenvalue weighted by molar-refractivity contribution is -0.138. The second-order valence-corrected chi connectivity index (χ2v) is 8.79. The molecule has 0 saturated carbocycles. The highest BCUT2D eigenvalue weighted by Gasteiger charge is 2.31. The zero-order valence-electron chi connectivity index (χ0n) is 11.0. The number of aryl methyl sites for hydroxylation is 1. The van der Waals surface area contributed by atoms with Gasteiger partial charge in [-0.15, -0.1) is 11.3 Å². The van der Waals surface area contributed by atoms with Gasteiger partial charge in [0.1, 0.15) is 4.21 Å². The van der Waals surface area contributed by atoms with Crippen molar-refractivity contribution in [1.29, 1.82) is 0 Å². The first-order chi connectivity index (χ1) is 9.30. The van der Waals surface area contributed by atoms with Gasteiger partial charge in [-0.2, -0.15) is 4.31 Å². The number of carbonyl (C=O) groups is 1. The van der Waals surface area contributed by atoms with Crippen molar-refractivity contribution >= 4 is 38.9 Å². The fraction of sp³-hybridized carbons (Fsp3) is 0.583. The third kappa shape index (κ3) is 3.33. The standard InChI is InChI=1S/C12H16ClNO4S2/c1-8-6-11(19-12(8)13)20(17,18)14-4-2-9(3-5-14)7-10(15)16/h6,9H,2-5,7H2,1H3,(H,15,16). The van der Waals surface area contributed by atoms with E-state index in [1.807, 2.05) is 0 Å². The number of piperidine rings is 1. The third-order valence-corrected chi connectivity index (χ3v) is 7.37. The van der Waals surface area contributed by atoms with Crippen LogP contribution in [0.5, 0.6) is 0 Å². The average Bonchev–Trinajstić information content (AvgIpc) is 2.70. The van der Waals surface area contributed by atoms with Crippen molar-refractivity contribution in [2.75, 3.05) is 13.1 Å². The smallest absolute Gasteiger partial charge is 0.303 e. The first-order valence-corrected chi connectivity index (χ1v) is 8.92. The van der Waals surface area contributed by atoms with Crippen LogP contribution in [0, 0.1) is 12.8 Å². The minimum absolute atomic E-state index is 0.0626. The third-order valence-electron chi connectivity index (χ3n) is 3.47. The number of halogens is 1. The molecule has 2 rings (SSSR count). The number of hydrogen-bond donors (Lipinski definition) is 1. The SMILES string of the molecule is Cc1cc(S(=O)(=O)N2CCC(CC(=O)O)CC2)sc1Cl. The first-order valence-electron chi connectivity index (χ1n) is 6.28.